The normalized spacial score (nSPS) is 10.8. The van der Waals surface area contributed by atoms with Crippen LogP contribution in [0, 0.1) is 6.92 Å². The number of rotatable bonds is 6. The fraction of sp³-hybridized carbons (Fsp3) is 0.500. The first-order valence-electron chi connectivity index (χ1n) is 5.75. The molecule has 0 saturated carbocycles. The third kappa shape index (κ3) is 3.35. The van der Waals surface area contributed by atoms with Crippen molar-refractivity contribution < 1.29 is 14.6 Å². The van der Waals surface area contributed by atoms with E-state index in [-0.39, 0.29) is 19.1 Å². The molecule has 9 nitrogen and oxygen atoms in total. The Balaban J connectivity index is 1.95. The second kappa shape index (κ2) is 6.50. The van der Waals surface area contributed by atoms with E-state index in [9.17, 15) is 4.79 Å². The molecule has 0 aliphatic carbocycles. The van der Waals surface area contributed by atoms with E-state index >= 15 is 0 Å². The van der Waals surface area contributed by atoms with Gasteiger partial charge in [-0.25, -0.2) is 4.68 Å². The molecule has 0 fully saturated rings. The maximum atomic E-state index is 11.8. The Labute approximate surface area is 118 Å². The molecule has 108 valence electrons. The van der Waals surface area contributed by atoms with E-state index in [1.165, 1.54) is 16.0 Å². The van der Waals surface area contributed by atoms with E-state index in [1.807, 2.05) is 0 Å². The van der Waals surface area contributed by atoms with Crippen LogP contribution >= 0.6 is 11.3 Å². The lowest BCUT2D eigenvalue weighted by molar-refractivity contribution is -0.117. The number of nitrogens with zero attached hydrogens (tertiary/aromatic N) is 5. The Bertz CT molecular complexity index is 596. The van der Waals surface area contributed by atoms with E-state index in [1.54, 1.807) is 14.0 Å². The largest absolute Gasteiger partial charge is 0.390 e. The van der Waals surface area contributed by atoms with E-state index in [4.69, 9.17) is 9.84 Å². The van der Waals surface area contributed by atoms with Gasteiger partial charge < -0.3 is 9.84 Å². The van der Waals surface area contributed by atoms with Gasteiger partial charge in [-0.1, -0.05) is 16.6 Å². The quantitative estimate of drug-likeness (QED) is 0.753. The molecule has 0 spiro atoms. The van der Waals surface area contributed by atoms with Gasteiger partial charge in [-0.2, -0.15) is 0 Å². The van der Waals surface area contributed by atoms with Crippen molar-refractivity contribution in [3.63, 3.8) is 0 Å². The number of nitrogens with one attached hydrogen (secondary N) is 1. The first kappa shape index (κ1) is 14.5. The fourth-order valence-corrected chi connectivity index (χ4v) is 2.20. The highest BCUT2D eigenvalue weighted by molar-refractivity contribution is 7.15. The fourth-order valence-electron chi connectivity index (χ4n) is 1.47. The predicted octanol–water partition coefficient (Wildman–Crippen LogP) is -0.285. The van der Waals surface area contributed by atoms with Gasteiger partial charge in [-0.3, -0.25) is 10.1 Å². The van der Waals surface area contributed by atoms with Crippen LogP contribution in [0.15, 0.2) is 0 Å². The van der Waals surface area contributed by atoms with Crippen LogP contribution < -0.4 is 5.32 Å². The van der Waals surface area contributed by atoms with Crippen molar-refractivity contribution in [1.82, 2.24) is 25.2 Å². The molecule has 0 aromatic carbocycles. The highest BCUT2D eigenvalue weighted by atomic mass is 32.1. The molecule has 0 aliphatic heterocycles. The van der Waals surface area contributed by atoms with E-state index in [2.05, 4.69) is 25.8 Å². The Kier molecular flexibility index (Phi) is 4.71. The van der Waals surface area contributed by atoms with Crippen LogP contribution in [0.3, 0.4) is 0 Å². The van der Waals surface area contributed by atoms with Crippen LogP contribution in [0.1, 0.15) is 16.4 Å². The molecule has 1 amide bonds. The lowest BCUT2D eigenvalue weighted by atomic mass is 10.3. The van der Waals surface area contributed by atoms with Gasteiger partial charge in [0, 0.05) is 7.11 Å². The number of carbonyl (C=O) groups is 1. The van der Waals surface area contributed by atoms with E-state index in [0.717, 1.165) is 0 Å². The van der Waals surface area contributed by atoms with Gasteiger partial charge in [0.15, 0.2) is 0 Å². The molecule has 2 rings (SSSR count). The third-order valence-corrected chi connectivity index (χ3v) is 3.31. The number of carbonyl (C=O) groups excluding carboxylic acids is 1. The molecule has 0 aliphatic rings. The maximum Gasteiger partial charge on any atom is 0.248 e. The molecule has 20 heavy (non-hydrogen) atoms. The van der Waals surface area contributed by atoms with Gasteiger partial charge in [0.25, 0.3) is 0 Å². The Morgan fingerprint density at radius 3 is 2.90 bits per heavy atom. The van der Waals surface area contributed by atoms with Crippen molar-refractivity contribution in [2.75, 3.05) is 12.4 Å². The third-order valence-electron chi connectivity index (χ3n) is 2.50. The minimum absolute atomic E-state index is 0.00196. The van der Waals surface area contributed by atoms with Gasteiger partial charge in [0.1, 0.15) is 23.9 Å². The van der Waals surface area contributed by atoms with Crippen molar-refractivity contribution >= 4 is 22.4 Å². The van der Waals surface area contributed by atoms with Crippen LogP contribution in [-0.4, -0.2) is 43.3 Å². The number of anilines is 1. The summed E-state index contributed by atoms with van der Waals surface area (Å²) in [5.41, 5.74) is 1.11. The summed E-state index contributed by atoms with van der Waals surface area (Å²) in [5.74, 6) is -0.289. The van der Waals surface area contributed by atoms with Crippen LogP contribution in [0.2, 0.25) is 0 Å². The summed E-state index contributed by atoms with van der Waals surface area (Å²) >= 11 is 1.25. The zero-order valence-corrected chi connectivity index (χ0v) is 11.8. The summed E-state index contributed by atoms with van der Waals surface area (Å²) in [6, 6.07) is 0. The second-order valence-electron chi connectivity index (χ2n) is 3.92. The van der Waals surface area contributed by atoms with Gasteiger partial charge in [-0.05, 0) is 6.92 Å². The average Bonchev–Trinajstić information content (AvgIpc) is 2.98. The molecule has 2 aromatic rings. The van der Waals surface area contributed by atoms with Crippen molar-refractivity contribution in [3.8, 4) is 0 Å². The molecule has 10 heteroatoms. The molecule has 2 N–H and O–H groups in total. The highest BCUT2D eigenvalue weighted by Gasteiger charge is 2.13. The summed E-state index contributed by atoms with van der Waals surface area (Å²) in [4.78, 5) is 11.8. The number of methoxy groups -OCH3 is 1. The highest BCUT2D eigenvalue weighted by Crippen LogP contribution is 2.15. The number of aliphatic hydroxyl groups excluding tert-OH is 1. The molecule has 0 saturated heterocycles. The van der Waals surface area contributed by atoms with Crippen LogP contribution in [0.4, 0.5) is 5.13 Å². The van der Waals surface area contributed by atoms with Crippen molar-refractivity contribution in [2.45, 2.75) is 26.7 Å². The van der Waals surface area contributed by atoms with E-state index < -0.39 is 0 Å². The summed E-state index contributed by atoms with van der Waals surface area (Å²) in [6.45, 7) is 1.89. The number of amides is 1. The minimum atomic E-state index is -0.289. The summed E-state index contributed by atoms with van der Waals surface area (Å²) in [6.07, 6.45) is 0. The molecular formula is C10H14N6O3S. The summed E-state index contributed by atoms with van der Waals surface area (Å²) < 4.78 is 6.34. The van der Waals surface area contributed by atoms with Gasteiger partial charge >= 0.3 is 0 Å². The van der Waals surface area contributed by atoms with Crippen molar-refractivity contribution in [3.05, 3.63) is 16.4 Å². The average molecular weight is 298 g/mol. The zero-order chi connectivity index (χ0) is 14.5. The smallest absolute Gasteiger partial charge is 0.248 e. The monoisotopic (exact) mass is 298 g/mol. The maximum absolute atomic E-state index is 11.8. The van der Waals surface area contributed by atoms with Gasteiger partial charge in [0.2, 0.25) is 11.0 Å². The van der Waals surface area contributed by atoms with E-state index in [0.29, 0.717) is 28.1 Å². The Morgan fingerprint density at radius 1 is 1.45 bits per heavy atom. The lowest BCUT2D eigenvalue weighted by Crippen LogP contribution is -2.20. The number of ether oxygens (including phenoxy) is 1. The number of aromatic nitrogens is 5. The Hall–Kier alpha value is -1.91. The summed E-state index contributed by atoms with van der Waals surface area (Å²) in [5, 5.41) is 28.0. The molecule has 2 heterocycles. The summed E-state index contributed by atoms with van der Waals surface area (Å²) in [7, 11) is 1.56. The minimum Gasteiger partial charge on any atom is -0.390 e. The number of aliphatic hydroxyl groups is 1. The van der Waals surface area contributed by atoms with Gasteiger partial charge in [0.05, 0.1) is 12.3 Å². The zero-order valence-electron chi connectivity index (χ0n) is 11.0. The molecule has 2 aromatic heterocycles. The van der Waals surface area contributed by atoms with Crippen LogP contribution in [0.25, 0.3) is 0 Å². The topological polar surface area (TPSA) is 115 Å². The van der Waals surface area contributed by atoms with Crippen LogP contribution in [0.5, 0.6) is 0 Å². The first-order chi connectivity index (χ1) is 9.63. The van der Waals surface area contributed by atoms with Crippen molar-refractivity contribution in [1.29, 1.82) is 0 Å². The number of hydrogen-bond donors (Lipinski definition) is 2. The Morgan fingerprint density at radius 2 is 2.25 bits per heavy atom. The van der Waals surface area contributed by atoms with Crippen LogP contribution in [-0.2, 0) is 29.3 Å². The number of hydrogen-bond acceptors (Lipinski definition) is 8. The molecule has 0 unspecified atom stereocenters. The lowest BCUT2D eigenvalue weighted by Gasteiger charge is -2.03. The molecular weight excluding hydrogens is 284 g/mol. The molecule has 0 radical (unpaired) electrons. The van der Waals surface area contributed by atoms with Crippen molar-refractivity contribution in [2.24, 2.45) is 0 Å². The molecule has 0 atom stereocenters. The second-order valence-corrected chi connectivity index (χ2v) is 4.98. The standard InChI is InChI=1S/C10H14N6O3S/c1-6-7(4-17)12-15-16(6)3-8(18)11-10-14-13-9(20-10)5-19-2/h17H,3-5H2,1-2H3,(H,11,14,18). The predicted molar refractivity (Wildman–Crippen MR) is 69.9 cm³/mol. The first-order valence-corrected chi connectivity index (χ1v) is 6.56. The van der Waals surface area contributed by atoms with Gasteiger partial charge in [-0.15, -0.1) is 15.3 Å². The molecule has 0 bridgehead atoms. The SMILES string of the molecule is COCc1nnc(NC(=O)Cn2nnc(CO)c2C)s1.